The molecule has 2 aromatic rings. The van der Waals surface area contributed by atoms with Crippen LogP contribution in [-0.2, 0) is 37.1 Å². The number of nitrogens with one attached hydrogen (secondary N) is 2. The first-order chi connectivity index (χ1) is 17.5. The molecule has 0 radical (unpaired) electrons. The Morgan fingerprint density at radius 1 is 1.22 bits per heavy atom. The number of rotatable bonds is 12. The van der Waals surface area contributed by atoms with Gasteiger partial charge in [0.15, 0.2) is 0 Å². The van der Waals surface area contributed by atoms with Crippen LogP contribution in [0.5, 0.6) is 5.75 Å². The summed E-state index contributed by atoms with van der Waals surface area (Å²) in [7, 11) is 0. The average Bonchev–Trinajstić information content (AvgIpc) is 3.13. The van der Waals surface area contributed by atoms with Crippen LogP contribution in [0.3, 0.4) is 0 Å². The van der Waals surface area contributed by atoms with Gasteiger partial charge in [0.2, 0.25) is 0 Å². The monoisotopic (exact) mass is 557 g/mol. The van der Waals surface area contributed by atoms with Crippen molar-refractivity contribution in [2.24, 2.45) is 5.92 Å². The molecular weight excluding hydrogens is 525 g/mol. The van der Waals surface area contributed by atoms with Crippen molar-refractivity contribution in [3.05, 3.63) is 63.4 Å². The number of benzene rings is 1. The van der Waals surface area contributed by atoms with Crippen LogP contribution in [-0.4, -0.2) is 69.4 Å². The standard InChI is InChI=1S/C23H32N3O9PS/c1-14(2)33-22(30)15(3)25-36(37,35-16-7-5-4-6-8-16)32-13-19-17(12-27)21(29)18(34-19)11-26-10-9-20(28)24-23(26)31/h4-10,14-15,17-19,21,27,29H,11-13H2,1-3H3,(H,25,37)(H,24,28,31). The van der Waals surface area contributed by atoms with Crippen molar-refractivity contribution in [1.82, 2.24) is 14.6 Å². The fourth-order valence-corrected chi connectivity index (χ4v) is 6.15. The van der Waals surface area contributed by atoms with E-state index >= 15 is 0 Å². The minimum Gasteiger partial charge on any atom is -0.462 e. The van der Waals surface area contributed by atoms with Gasteiger partial charge < -0.3 is 28.7 Å². The molecule has 3 rings (SSSR count). The van der Waals surface area contributed by atoms with E-state index in [4.69, 9.17) is 30.3 Å². The maximum Gasteiger partial charge on any atom is 0.328 e. The van der Waals surface area contributed by atoms with Gasteiger partial charge in [0.1, 0.15) is 17.9 Å². The second-order valence-electron chi connectivity index (χ2n) is 8.85. The number of carbonyl (C=O) groups is 1. The molecule has 2 heterocycles. The van der Waals surface area contributed by atoms with Crippen molar-refractivity contribution in [2.75, 3.05) is 13.2 Å². The van der Waals surface area contributed by atoms with E-state index in [-0.39, 0.29) is 19.3 Å². The second-order valence-corrected chi connectivity index (χ2v) is 12.0. The lowest BCUT2D eigenvalue weighted by molar-refractivity contribution is -0.149. The van der Waals surface area contributed by atoms with E-state index in [1.807, 2.05) is 0 Å². The molecule has 1 saturated heterocycles. The van der Waals surface area contributed by atoms with Gasteiger partial charge in [-0.15, -0.1) is 0 Å². The number of esters is 1. The SMILES string of the molecule is CC(C)OC(=O)C(C)NP(=S)(OCC1OC(Cn2ccc(=O)[nH]c2=O)C(O)C1CO)Oc1ccccc1. The molecule has 6 unspecified atom stereocenters. The highest BCUT2D eigenvalue weighted by molar-refractivity contribution is 8.09. The highest BCUT2D eigenvalue weighted by Gasteiger charge is 2.44. The minimum atomic E-state index is -3.36. The summed E-state index contributed by atoms with van der Waals surface area (Å²) in [5.41, 5.74) is -1.20. The fourth-order valence-electron chi connectivity index (χ4n) is 3.73. The molecule has 0 spiro atoms. The van der Waals surface area contributed by atoms with Crippen LogP contribution in [0.25, 0.3) is 0 Å². The molecule has 0 aliphatic carbocycles. The van der Waals surface area contributed by atoms with Crippen molar-refractivity contribution in [2.45, 2.75) is 57.8 Å². The van der Waals surface area contributed by atoms with E-state index in [2.05, 4.69) is 10.1 Å². The van der Waals surface area contributed by atoms with E-state index in [1.54, 1.807) is 51.1 Å². The molecule has 1 aliphatic rings. The maximum absolute atomic E-state index is 12.4. The molecule has 1 aromatic carbocycles. The Hall–Kier alpha value is -2.38. The van der Waals surface area contributed by atoms with Crippen molar-refractivity contribution < 1.29 is 33.5 Å². The van der Waals surface area contributed by atoms with Crippen molar-refractivity contribution in [1.29, 1.82) is 0 Å². The number of aromatic amines is 1. The van der Waals surface area contributed by atoms with Gasteiger partial charge in [-0.3, -0.25) is 19.1 Å². The molecule has 0 bridgehead atoms. The van der Waals surface area contributed by atoms with Crippen LogP contribution < -0.4 is 20.9 Å². The van der Waals surface area contributed by atoms with Crippen molar-refractivity contribution in [3.8, 4) is 5.75 Å². The summed E-state index contributed by atoms with van der Waals surface area (Å²) in [6, 6.07) is 9.03. The lowest BCUT2D eigenvalue weighted by atomic mass is 9.97. The normalized spacial score (nSPS) is 23.9. The molecular formula is C23H32N3O9PS. The summed E-state index contributed by atoms with van der Waals surface area (Å²) in [5, 5.41) is 23.6. The van der Waals surface area contributed by atoms with E-state index < -0.39 is 60.7 Å². The van der Waals surface area contributed by atoms with Crippen LogP contribution in [0.1, 0.15) is 20.8 Å². The smallest absolute Gasteiger partial charge is 0.328 e. The highest BCUT2D eigenvalue weighted by atomic mass is 32.5. The lowest BCUT2D eigenvalue weighted by Gasteiger charge is -2.28. The summed E-state index contributed by atoms with van der Waals surface area (Å²) < 4.78 is 24.3. The number of aromatic nitrogens is 2. The van der Waals surface area contributed by atoms with Gasteiger partial charge in [0.25, 0.3) is 5.56 Å². The zero-order valence-corrected chi connectivity index (χ0v) is 22.4. The topological polar surface area (TPSA) is 161 Å². The summed E-state index contributed by atoms with van der Waals surface area (Å²) in [5.74, 6) is -0.854. The molecule has 0 amide bonds. The van der Waals surface area contributed by atoms with Gasteiger partial charge in [-0.2, -0.15) is 0 Å². The molecule has 4 N–H and O–H groups in total. The predicted octanol–water partition coefficient (Wildman–Crippen LogP) is 0.523. The highest BCUT2D eigenvalue weighted by Crippen LogP contribution is 2.46. The van der Waals surface area contributed by atoms with Crippen LogP contribution in [0.2, 0.25) is 0 Å². The Balaban J connectivity index is 1.74. The quantitative estimate of drug-likeness (QED) is 0.213. The van der Waals surface area contributed by atoms with Gasteiger partial charge >= 0.3 is 18.3 Å². The number of aliphatic hydroxyl groups is 2. The zero-order valence-electron chi connectivity index (χ0n) is 20.7. The molecule has 1 aliphatic heterocycles. The summed E-state index contributed by atoms with van der Waals surface area (Å²) in [6.07, 6.45) is -1.82. The van der Waals surface area contributed by atoms with Crippen LogP contribution in [0, 0.1) is 5.92 Å². The molecule has 204 valence electrons. The van der Waals surface area contributed by atoms with Gasteiger partial charge in [-0.1, -0.05) is 18.2 Å². The van der Waals surface area contributed by atoms with Gasteiger partial charge in [0.05, 0.1) is 38.1 Å². The third-order valence-electron chi connectivity index (χ3n) is 5.57. The molecule has 37 heavy (non-hydrogen) atoms. The Kier molecular flexibility index (Phi) is 10.2. The first kappa shape index (κ1) is 29.2. The number of hydrogen-bond acceptors (Lipinski definition) is 10. The molecule has 14 heteroatoms. The number of aliphatic hydroxyl groups excluding tert-OH is 2. The lowest BCUT2D eigenvalue weighted by Crippen LogP contribution is -2.37. The average molecular weight is 558 g/mol. The third kappa shape index (κ3) is 8.05. The number of nitrogens with zero attached hydrogens (tertiary/aromatic N) is 1. The Labute approximate surface area is 218 Å². The number of H-pyrrole nitrogens is 1. The van der Waals surface area contributed by atoms with Gasteiger partial charge in [-0.05, 0) is 44.7 Å². The van der Waals surface area contributed by atoms with Gasteiger partial charge in [0, 0.05) is 18.2 Å². The van der Waals surface area contributed by atoms with E-state index in [1.165, 1.54) is 16.8 Å². The van der Waals surface area contributed by atoms with E-state index in [0.717, 1.165) is 0 Å². The first-order valence-corrected chi connectivity index (χ1v) is 14.4. The molecule has 12 nitrogen and oxygen atoms in total. The van der Waals surface area contributed by atoms with Crippen molar-refractivity contribution in [3.63, 3.8) is 0 Å². The van der Waals surface area contributed by atoms with E-state index in [0.29, 0.717) is 5.75 Å². The summed E-state index contributed by atoms with van der Waals surface area (Å²) in [4.78, 5) is 37.9. The Bertz CT molecular complexity index is 1210. The third-order valence-corrected chi connectivity index (χ3v) is 8.07. The van der Waals surface area contributed by atoms with Crippen LogP contribution in [0.15, 0.2) is 52.2 Å². The number of hydrogen-bond donors (Lipinski definition) is 4. The summed E-state index contributed by atoms with van der Waals surface area (Å²) in [6.45, 7) is 1.02. The number of ether oxygens (including phenoxy) is 2. The van der Waals surface area contributed by atoms with Gasteiger partial charge in [-0.25, -0.2) is 9.88 Å². The van der Waals surface area contributed by atoms with Crippen molar-refractivity contribution >= 4 is 24.4 Å². The molecule has 6 atom stereocenters. The Morgan fingerprint density at radius 3 is 2.54 bits per heavy atom. The summed E-state index contributed by atoms with van der Waals surface area (Å²) >= 11 is 5.68. The molecule has 1 fully saturated rings. The number of carbonyl (C=O) groups excluding carboxylic acids is 1. The fraction of sp³-hybridized carbons (Fsp3) is 0.522. The predicted molar refractivity (Wildman–Crippen MR) is 138 cm³/mol. The molecule has 0 saturated carbocycles. The number of para-hydroxylation sites is 1. The minimum absolute atomic E-state index is 0.0607. The zero-order chi connectivity index (χ0) is 27.2. The molecule has 1 aromatic heterocycles. The largest absolute Gasteiger partial charge is 0.462 e. The van der Waals surface area contributed by atoms with E-state index in [9.17, 15) is 24.6 Å². The second kappa shape index (κ2) is 12.9. The van der Waals surface area contributed by atoms with Crippen LogP contribution >= 0.6 is 6.64 Å². The van der Waals surface area contributed by atoms with Crippen LogP contribution in [0.4, 0.5) is 0 Å². The Morgan fingerprint density at radius 2 is 1.92 bits per heavy atom. The first-order valence-electron chi connectivity index (χ1n) is 11.7. The maximum atomic E-state index is 12.4.